The fourth-order valence-electron chi connectivity index (χ4n) is 2.46. The predicted octanol–water partition coefficient (Wildman–Crippen LogP) is 1.39. The molecule has 1 atom stereocenters. The number of hydrogen-bond donors (Lipinski definition) is 1. The Bertz CT molecular complexity index is 223. The van der Waals surface area contributed by atoms with E-state index in [4.69, 9.17) is 5.73 Å². The molecular formula is C13H29N3. The molecule has 1 saturated carbocycles. The monoisotopic (exact) mass is 227 g/mol. The zero-order valence-electron chi connectivity index (χ0n) is 11.7. The second-order valence-electron chi connectivity index (χ2n) is 6.12. The average Bonchev–Trinajstić information content (AvgIpc) is 2.96. The zero-order valence-corrected chi connectivity index (χ0v) is 11.7. The van der Waals surface area contributed by atoms with E-state index in [1.54, 1.807) is 0 Å². The van der Waals surface area contributed by atoms with E-state index < -0.39 is 0 Å². The molecule has 2 N–H and O–H groups in total. The van der Waals surface area contributed by atoms with E-state index in [0.29, 0.717) is 5.41 Å². The molecule has 0 spiro atoms. The Labute approximate surface area is 101 Å². The third-order valence-corrected chi connectivity index (χ3v) is 4.64. The highest BCUT2D eigenvalue weighted by Crippen LogP contribution is 2.55. The van der Waals surface area contributed by atoms with Crippen molar-refractivity contribution in [3.8, 4) is 0 Å². The first-order valence-corrected chi connectivity index (χ1v) is 6.42. The highest BCUT2D eigenvalue weighted by molar-refractivity contribution is 5.08. The van der Waals surface area contributed by atoms with Crippen LogP contribution in [0.1, 0.15) is 33.1 Å². The molecule has 0 aromatic rings. The van der Waals surface area contributed by atoms with Crippen LogP contribution in [0, 0.1) is 5.41 Å². The largest absolute Gasteiger partial charge is 0.329 e. The summed E-state index contributed by atoms with van der Waals surface area (Å²) >= 11 is 0. The predicted molar refractivity (Wildman–Crippen MR) is 70.6 cm³/mol. The molecule has 1 unspecified atom stereocenters. The SMILES string of the molecule is CN(C)CCCN(C)C(C)(CN)C1(C)CC1. The van der Waals surface area contributed by atoms with Gasteiger partial charge in [-0.1, -0.05) is 6.92 Å². The van der Waals surface area contributed by atoms with Crippen LogP contribution < -0.4 is 5.73 Å². The van der Waals surface area contributed by atoms with Gasteiger partial charge in [-0.05, 0) is 65.8 Å². The molecule has 3 nitrogen and oxygen atoms in total. The summed E-state index contributed by atoms with van der Waals surface area (Å²) in [6, 6.07) is 0. The van der Waals surface area contributed by atoms with E-state index in [9.17, 15) is 0 Å². The molecule has 0 radical (unpaired) electrons. The minimum absolute atomic E-state index is 0.180. The molecule has 1 aliphatic carbocycles. The molecule has 0 heterocycles. The van der Waals surface area contributed by atoms with Gasteiger partial charge in [0.25, 0.3) is 0 Å². The van der Waals surface area contributed by atoms with Gasteiger partial charge in [-0.15, -0.1) is 0 Å². The van der Waals surface area contributed by atoms with E-state index in [0.717, 1.165) is 19.6 Å². The Kier molecular flexibility index (Phi) is 4.38. The van der Waals surface area contributed by atoms with Crippen LogP contribution in [-0.4, -0.2) is 56.1 Å². The fourth-order valence-corrected chi connectivity index (χ4v) is 2.46. The van der Waals surface area contributed by atoms with Crippen molar-refractivity contribution < 1.29 is 0 Å². The lowest BCUT2D eigenvalue weighted by Gasteiger charge is -2.43. The lowest BCUT2D eigenvalue weighted by atomic mass is 9.82. The number of rotatable bonds is 7. The van der Waals surface area contributed by atoms with E-state index >= 15 is 0 Å². The minimum Gasteiger partial charge on any atom is -0.329 e. The third-order valence-electron chi connectivity index (χ3n) is 4.64. The first-order chi connectivity index (χ1) is 7.35. The molecule has 0 saturated heterocycles. The molecule has 0 aromatic carbocycles. The Morgan fingerprint density at radius 1 is 1.19 bits per heavy atom. The molecule has 1 aliphatic rings. The first kappa shape index (κ1) is 13.9. The molecule has 16 heavy (non-hydrogen) atoms. The van der Waals surface area contributed by atoms with E-state index in [2.05, 4.69) is 44.8 Å². The topological polar surface area (TPSA) is 32.5 Å². The quantitative estimate of drug-likeness (QED) is 0.713. The van der Waals surface area contributed by atoms with Crippen molar-refractivity contribution in [3.63, 3.8) is 0 Å². The summed E-state index contributed by atoms with van der Waals surface area (Å²) in [4.78, 5) is 4.72. The molecule has 0 aliphatic heterocycles. The Morgan fingerprint density at radius 3 is 2.12 bits per heavy atom. The Hall–Kier alpha value is -0.120. The highest BCUT2D eigenvalue weighted by Gasteiger charge is 2.53. The van der Waals surface area contributed by atoms with Crippen LogP contribution >= 0.6 is 0 Å². The van der Waals surface area contributed by atoms with Crippen molar-refractivity contribution in [1.29, 1.82) is 0 Å². The van der Waals surface area contributed by atoms with E-state index in [1.165, 1.54) is 19.3 Å². The van der Waals surface area contributed by atoms with Gasteiger partial charge in [0.05, 0.1) is 0 Å². The van der Waals surface area contributed by atoms with Gasteiger partial charge in [0.15, 0.2) is 0 Å². The van der Waals surface area contributed by atoms with Crippen molar-refractivity contribution in [3.05, 3.63) is 0 Å². The van der Waals surface area contributed by atoms with Crippen molar-refractivity contribution in [1.82, 2.24) is 9.80 Å². The summed E-state index contributed by atoms with van der Waals surface area (Å²) in [7, 11) is 6.49. The minimum atomic E-state index is 0.180. The van der Waals surface area contributed by atoms with Gasteiger partial charge >= 0.3 is 0 Å². The Morgan fingerprint density at radius 2 is 1.75 bits per heavy atom. The number of nitrogens with zero attached hydrogens (tertiary/aromatic N) is 2. The summed E-state index contributed by atoms with van der Waals surface area (Å²) in [6.45, 7) is 7.77. The van der Waals surface area contributed by atoms with Crippen molar-refractivity contribution in [2.75, 3.05) is 40.8 Å². The van der Waals surface area contributed by atoms with Gasteiger partial charge in [-0.2, -0.15) is 0 Å². The highest BCUT2D eigenvalue weighted by atomic mass is 15.2. The normalized spacial score (nSPS) is 22.5. The van der Waals surface area contributed by atoms with Gasteiger partial charge < -0.3 is 10.6 Å². The summed E-state index contributed by atoms with van der Waals surface area (Å²) < 4.78 is 0. The lowest BCUT2D eigenvalue weighted by Crippen LogP contribution is -2.55. The molecule has 0 bridgehead atoms. The molecular weight excluding hydrogens is 198 g/mol. The molecule has 1 fully saturated rings. The molecule has 1 rings (SSSR count). The smallest absolute Gasteiger partial charge is 0.0354 e. The molecule has 0 amide bonds. The average molecular weight is 227 g/mol. The number of nitrogens with two attached hydrogens (primary N) is 1. The van der Waals surface area contributed by atoms with Crippen LogP contribution in [0.3, 0.4) is 0 Å². The maximum atomic E-state index is 6.01. The van der Waals surface area contributed by atoms with Gasteiger partial charge in [-0.3, -0.25) is 4.90 Å². The second-order valence-corrected chi connectivity index (χ2v) is 6.12. The van der Waals surface area contributed by atoms with Crippen LogP contribution in [0.4, 0.5) is 0 Å². The maximum Gasteiger partial charge on any atom is 0.0354 e. The van der Waals surface area contributed by atoms with Gasteiger partial charge in [0.1, 0.15) is 0 Å². The Balaban J connectivity index is 2.46. The maximum absolute atomic E-state index is 6.01. The molecule has 0 aromatic heterocycles. The molecule has 96 valence electrons. The zero-order chi connectivity index (χ0) is 12.4. The summed E-state index contributed by atoms with van der Waals surface area (Å²) in [5, 5.41) is 0. The van der Waals surface area contributed by atoms with Gasteiger partial charge in [-0.25, -0.2) is 0 Å². The van der Waals surface area contributed by atoms with Crippen molar-refractivity contribution in [2.45, 2.75) is 38.6 Å². The fraction of sp³-hybridized carbons (Fsp3) is 1.00. The standard InChI is InChI=1S/C13H29N3/c1-12(7-8-12)13(2,11-14)16(5)10-6-9-15(3)4/h6-11,14H2,1-5H3. The van der Waals surface area contributed by atoms with Crippen LogP contribution in [0.25, 0.3) is 0 Å². The van der Waals surface area contributed by atoms with Gasteiger partial charge in [0.2, 0.25) is 0 Å². The summed E-state index contributed by atoms with van der Waals surface area (Å²) in [5.41, 5.74) is 6.65. The third kappa shape index (κ3) is 2.76. The number of likely N-dealkylation sites (N-methyl/N-ethyl adjacent to an activating group) is 1. The van der Waals surface area contributed by atoms with Crippen LogP contribution in [0.15, 0.2) is 0 Å². The van der Waals surface area contributed by atoms with Crippen LogP contribution in [0.2, 0.25) is 0 Å². The van der Waals surface area contributed by atoms with Crippen molar-refractivity contribution >= 4 is 0 Å². The lowest BCUT2D eigenvalue weighted by molar-refractivity contribution is 0.0699. The van der Waals surface area contributed by atoms with Crippen molar-refractivity contribution in [2.24, 2.45) is 11.1 Å². The van der Waals surface area contributed by atoms with E-state index in [1.807, 2.05) is 0 Å². The first-order valence-electron chi connectivity index (χ1n) is 6.42. The second kappa shape index (κ2) is 5.03. The van der Waals surface area contributed by atoms with E-state index in [-0.39, 0.29) is 5.54 Å². The molecule has 3 heteroatoms. The van der Waals surface area contributed by atoms with Gasteiger partial charge in [0, 0.05) is 12.1 Å². The summed E-state index contributed by atoms with van der Waals surface area (Å²) in [6.07, 6.45) is 3.88. The summed E-state index contributed by atoms with van der Waals surface area (Å²) in [5.74, 6) is 0. The van der Waals surface area contributed by atoms with Crippen LogP contribution in [0.5, 0.6) is 0 Å². The van der Waals surface area contributed by atoms with Crippen LogP contribution in [-0.2, 0) is 0 Å². The number of hydrogen-bond acceptors (Lipinski definition) is 3.